The highest BCUT2D eigenvalue weighted by Gasteiger charge is 2.23. The van der Waals surface area contributed by atoms with Gasteiger partial charge < -0.3 is 24.5 Å². The number of ether oxygens (including phenoxy) is 2. The Kier molecular flexibility index (Phi) is 5.54. The van der Waals surface area contributed by atoms with Gasteiger partial charge in [0.2, 0.25) is 5.88 Å². The van der Waals surface area contributed by atoms with Gasteiger partial charge in [-0.3, -0.25) is 0 Å². The Hall–Kier alpha value is -3.74. The number of anilines is 2. The predicted octanol–water partition coefficient (Wildman–Crippen LogP) is 4.85. The van der Waals surface area contributed by atoms with Crippen molar-refractivity contribution in [2.24, 2.45) is 0 Å². The molecule has 1 aliphatic rings. The summed E-state index contributed by atoms with van der Waals surface area (Å²) in [6.07, 6.45) is 6.90. The van der Waals surface area contributed by atoms with Crippen LogP contribution in [0.2, 0.25) is 0 Å². The van der Waals surface area contributed by atoms with Crippen LogP contribution < -0.4 is 20.1 Å². The summed E-state index contributed by atoms with van der Waals surface area (Å²) in [4.78, 5) is 9.24. The predicted molar refractivity (Wildman–Crippen MR) is 126 cm³/mol. The van der Waals surface area contributed by atoms with Gasteiger partial charge in [-0.25, -0.2) is 4.98 Å². The van der Waals surface area contributed by atoms with E-state index >= 15 is 0 Å². The first kappa shape index (κ1) is 20.2. The summed E-state index contributed by atoms with van der Waals surface area (Å²) in [5.74, 6) is 2.87. The average Bonchev–Trinajstić information content (AvgIpc) is 3.60. The van der Waals surface area contributed by atoms with Crippen molar-refractivity contribution >= 4 is 17.2 Å². The molecule has 1 saturated carbocycles. The number of aromatic nitrogens is 3. The Morgan fingerprint density at radius 2 is 1.75 bits per heavy atom. The van der Waals surface area contributed by atoms with Crippen LogP contribution in [-0.2, 0) is 13.1 Å². The number of nitrogens with zero attached hydrogens (tertiary/aromatic N) is 3. The molecule has 2 N–H and O–H groups in total. The summed E-state index contributed by atoms with van der Waals surface area (Å²) in [5, 5.41) is 6.81. The van der Waals surface area contributed by atoms with E-state index in [4.69, 9.17) is 14.5 Å². The second-order valence-corrected chi connectivity index (χ2v) is 8.07. The standard InChI is InChI=1S/C25H27N5O2/c1-31-22-8-3-17(4-9-22)13-27-23-11-20(12-25(29-23)32-2)26-14-21-16-30-15-19(18-5-6-18)7-10-24(30)28-21/h3-4,7-12,15-16,18H,5-6,13-14H2,1-2H3,(H2,26,27,29). The van der Waals surface area contributed by atoms with E-state index in [0.29, 0.717) is 19.0 Å². The second-order valence-electron chi connectivity index (χ2n) is 8.07. The molecule has 7 heteroatoms. The lowest BCUT2D eigenvalue weighted by Gasteiger charge is -2.11. The van der Waals surface area contributed by atoms with E-state index in [2.05, 4.69) is 44.5 Å². The maximum atomic E-state index is 5.39. The van der Waals surface area contributed by atoms with Gasteiger partial charge in [0.15, 0.2) is 0 Å². The zero-order valence-corrected chi connectivity index (χ0v) is 18.3. The van der Waals surface area contributed by atoms with E-state index in [0.717, 1.165) is 40.1 Å². The molecule has 164 valence electrons. The third-order valence-electron chi connectivity index (χ3n) is 5.69. The van der Waals surface area contributed by atoms with Crippen molar-refractivity contribution in [3.05, 3.63) is 77.7 Å². The van der Waals surface area contributed by atoms with Gasteiger partial charge in [0.1, 0.15) is 17.2 Å². The van der Waals surface area contributed by atoms with Crippen LogP contribution in [0.5, 0.6) is 11.6 Å². The lowest BCUT2D eigenvalue weighted by Crippen LogP contribution is -2.05. The minimum absolute atomic E-state index is 0.552. The molecule has 0 saturated heterocycles. The molecule has 0 aliphatic heterocycles. The first-order chi connectivity index (χ1) is 15.7. The molecule has 0 radical (unpaired) electrons. The average molecular weight is 430 g/mol. The van der Waals surface area contributed by atoms with E-state index in [1.165, 1.54) is 18.4 Å². The Balaban J connectivity index is 1.26. The summed E-state index contributed by atoms with van der Waals surface area (Å²) < 4.78 is 12.7. The molecule has 1 fully saturated rings. The molecule has 0 unspecified atom stereocenters. The van der Waals surface area contributed by atoms with Crippen LogP contribution in [0.25, 0.3) is 5.65 Å². The van der Waals surface area contributed by atoms with Gasteiger partial charge in [-0.15, -0.1) is 0 Å². The number of methoxy groups -OCH3 is 2. The largest absolute Gasteiger partial charge is 0.497 e. The SMILES string of the molecule is COc1ccc(CNc2cc(NCc3cn4cc(C5CC5)ccc4n3)cc(OC)n2)cc1. The molecule has 0 spiro atoms. The molecule has 1 aliphatic carbocycles. The number of benzene rings is 1. The topological polar surface area (TPSA) is 72.7 Å². The Morgan fingerprint density at radius 1 is 0.906 bits per heavy atom. The lowest BCUT2D eigenvalue weighted by atomic mass is 10.2. The first-order valence-electron chi connectivity index (χ1n) is 10.8. The molecule has 7 nitrogen and oxygen atoms in total. The molecule has 4 aromatic rings. The quantitative estimate of drug-likeness (QED) is 0.396. The number of pyridine rings is 2. The highest BCUT2D eigenvalue weighted by atomic mass is 16.5. The molecule has 3 heterocycles. The number of fused-ring (bicyclic) bond motifs is 1. The van der Waals surface area contributed by atoms with E-state index in [1.807, 2.05) is 36.4 Å². The highest BCUT2D eigenvalue weighted by molar-refractivity contribution is 5.56. The third kappa shape index (κ3) is 4.61. The van der Waals surface area contributed by atoms with Gasteiger partial charge in [-0.1, -0.05) is 18.2 Å². The van der Waals surface area contributed by atoms with Crippen molar-refractivity contribution in [1.29, 1.82) is 0 Å². The number of imidazole rings is 1. The van der Waals surface area contributed by atoms with Gasteiger partial charge in [-0.05, 0) is 48.1 Å². The van der Waals surface area contributed by atoms with Crippen LogP contribution in [0, 0.1) is 0 Å². The van der Waals surface area contributed by atoms with Gasteiger partial charge in [0, 0.05) is 36.8 Å². The normalized spacial score (nSPS) is 13.2. The van der Waals surface area contributed by atoms with Crippen LogP contribution in [0.1, 0.15) is 35.6 Å². The molecule has 3 aromatic heterocycles. The summed E-state index contributed by atoms with van der Waals surface area (Å²) in [6.45, 7) is 1.27. The molecular weight excluding hydrogens is 402 g/mol. The van der Waals surface area contributed by atoms with Gasteiger partial charge in [0.25, 0.3) is 0 Å². The van der Waals surface area contributed by atoms with Crippen molar-refractivity contribution in [2.75, 3.05) is 24.9 Å². The minimum atomic E-state index is 0.552. The molecule has 0 amide bonds. The Morgan fingerprint density at radius 3 is 2.50 bits per heavy atom. The van der Waals surface area contributed by atoms with E-state index < -0.39 is 0 Å². The second kappa shape index (κ2) is 8.78. The van der Waals surface area contributed by atoms with Crippen molar-refractivity contribution in [1.82, 2.24) is 14.4 Å². The fourth-order valence-corrected chi connectivity index (χ4v) is 3.74. The van der Waals surface area contributed by atoms with Crippen LogP contribution in [0.15, 0.2) is 60.9 Å². The van der Waals surface area contributed by atoms with Crippen molar-refractivity contribution in [3.8, 4) is 11.6 Å². The molecule has 1 aromatic carbocycles. The minimum Gasteiger partial charge on any atom is -0.497 e. The number of rotatable bonds is 9. The van der Waals surface area contributed by atoms with E-state index in [1.54, 1.807) is 14.2 Å². The van der Waals surface area contributed by atoms with Crippen molar-refractivity contribution in [3.63, 3.8) is 0 Å². The molecule has 5 rings (SSSR count). The summed E-state index contributed by atoms with van der Waals surface area (Å²) >= 11 is 0. The Labute approximate surface area is 187 Å². The van der Waals surface area contributed by atoms with Gasteiger partial charge in [-0.2, -0.15) is 4.98 Å². The summed E-state index contributed by atoms with van der Waals surface area (Å²) in [5.41, 5.74) is 5.42. The number of hydrogen-bond acceptors (Lipinski definition) is 6. The summed E-state index contributed by atoms with van der Waals surface area (Å²) in [6, 6.07) is 16.1. The molecule has 0 atom stereocenters. The maximum Gasteiger partial charge on any atom is 0.216 e. The zero-order chi connectivity index (χ0) is 21.9. The smallest absolute Gasteiger partial charge is 0.216 e. The highest BCUT2D eigenvalue weighted by Crippen LogP contribution is 2.39. The van der Waals surface area contributed by atoms with Crippen molar-refractivity contribution < 1.29 is 9.47 Å². The molecular formula is C25H27N5O2. The Bertz CT molecular complexity index is 1210. The third-order valence-corrected chi connectivity index (χ3v) is 5.69. The van der Waals surface area contributed by atoms with Crippen LogP contribution in [0.3, 0.4) is 0 Å². The van der Waals surface area contributed by atoms with Gasteiger partial charge in [0.05, 0.1) is 26.5 Å². The fourth-order valence-electron chi connectivity index (χ4n) is 3.74. The number of hydrogen-bond donors (Lipinski definition) is 2. The van der Waals surface area contributed by atoms with Gasteiger partial charge >= 0.3 is 0 Å². The van der Waals surface area contributed by atoms with Crippen molar-refractivity contribution in [2.45, 2.75) is 31.8 Å². The first-order valence-corrected chi connectivity index (χ1v) is 10.8. The van der Waals surface area contributed by atoms with Crippen LogP contribution in [0.4, 0.5) is 11.5 Å². The zero-order valence-electron chi connectivity index (χ0n) is 18.3. The monoisotopic (exact) mass is 429 g/mol. The van der Waals surface area contributed by atoms with Crippen LogP contribution in [-0.4, -0.2) is 28.6 Å². The maximum absolute atomic E-state index is 5.39. The lowest BCUT2D eigenvalue weighted by molar-refractivity contribution is 0.398. The fraction of sp³-hybridized carbons (Fsp3) is 0.280. The summed E-state index contributed by atoms with van der Waals surface area (Å²) in [7, 11) is 3.29. The number of nitrogens with one attached hydrogen (secondary N) is 2. The van der Waals surface area contributed by atoms with E-state index in [9.17, 15) is 0 Å². The molecule has 0 bridgehead atoms. The van der Waals surface area contributed by atoms with Crippen LogP contribution >= 0.6 is 0 Å². The van der Waals surface area contributed by atoms with E-state index in [-0.39, 0.29) is 0 Å². The molecule has 32 heavy (non-hydrogen) atoms.